The summed E-state index contributed by atoms with van der Waals surface area (Å²) in [7, 11) is -2.26. The predicted octanol–water partition coefficient (Wildman–Crippen LogP) is 2.33. The van der Waals surface area contributed by atoms with Gasteiger partial charge in [-0.15, -0.1) is 0 Å². The minimum atomic E-state index is -2.26. The average Bonchev–Trinajstić information content (AvgIpc) is 2.06. The lowest BCUT2D eigenvalue weighted by Crippen LogP contribution is -1.99. The van der Waals surface area contributed by atoms with Crippen molar-refractivity contribution in [3.8, 4) is 0 Å². The lowest BCUT2D eigenvalue weighted by atomic mass is 10.1. The molecular weight excluding hydrogens is 250 g/mol. The van der Waals surface area contributed by atoms with E-state index < -0.39 is 15.7 Å². The maximum absolute atomic E-state index is 11.5. The smallest absolute Gasteiger partial charge is 0.307 e. The third kappa shape index (κ3) is 4.20. The molecule has 0 amide bonds. The van der Waals surface area contributed by atoms with Crippen LogP contribution in [0.4, 0.5) is 5.69 Å². The zero-order valence-corrected chi connectivity index (χ0v) is 10.5. The molecule has 0 spiro atoms. The van der Waals surface area contributed by atoms with Crippen molar-refractivity contribution in [2.24, 2.45) is 4.36 Å². The summed E-state index contributed by atoms with van der Waals surface area (Å²) in [5, 5.41) is 8.92. The van der Waals surface area contributed by atoms with Gasteiger partial charge in [-0.2, -0.15) is 4.36 Å². The van der Waals surface area contributed by atoms with Gasteiger partial charge in [-0.1, -0.05) is 17.7 Å². The molecule has 0 heterocycles. The van der Waals surface area contributed by atoms with Crippen LogP contribution < -0.4 is 0 Å². The molecule has 0 aliphatic rings. The molecule has 0 atom stereocenters. The first-order valence-corrected chi connectivity index (χ1v) is 7.16. The van der Waals surface area contributed by atoms with Gasteiger partial charge in [0.15, 0.2) is 0 Å². The Morgan fingerprint density at radius 1 is 1.50 bits per heavy atom. The van der Waals surface area contributed by atoms with Gasteiger partial charge >= 0.3 is 5.97 Å². The summed E-state index contributed by atoms with van der Waals surface area (Å²) in [5.41, 5.74) is 1.01. The normalized spacial score (nSPS) is 11.2. The Balaban J connectivity index is 3.10. The lowest BCUT2D eigenvalue weighted by Gasteiger charge is -2.02. The molecule has 0 radical (unpaired) electrons. The van der Waals surface area contributed by atoms with E-state index in [2.05, 4.69) is 4.36 Å². The molecule has 1 aromatic carbocycles. The van der Waals surface area contributed by atoms with Crippen molar-refractivity contribution in [2.45, 2.75) is 6.42 Å². The maximum atomic E-state index is 11.5. The van der Waals surface area contributed by atoms with Gasteiger partial charge in [-0.05, 0) is 17.7 Å². The molecule has 0 saturated carbocycles. The van der Waals surface area contributed by atoms with Crippen LogP contribution >= 0.6 is 11.6 Å². The van der Waals surface area contributed by atoms with Crippen LogP contribution in [0.1, 0.15) is 5.56 Å². The summed E-state index contributed by atoms with van der Waals surface area (Å²) < 4.78 is 15.4. The molecule has 4 nitrogen and oxygen atoms in total. The third-order valence-electron chi connectivity index (χ3n) is 1.69. The van der Waals surface area contributed by atoms with E-state index in [0.717, 1.165) is 0 Å². The van der Waals surface area contributed by atoms with Crippen LogP contribution in [0.2, 0.25) is 5.02 Å². The predicted molar refractivity (Wildman–Crippen MR) is 64.9 cm³/mol. The molecule has 1 N–H and O–H groups in total. The van der Waals surface area contributed by atoms with Crippen molar-refractivity contribution in [3.63, 3.8) is 0 Å². The van der Waals surface area contributed by atoms with Gasteiger partial charge in [0.1, 0.15) is 0 Å². The highest BCUT2D eigenvalue weighted by atomic mass is 35.5. The number of halogens is 1. The molecule has 0 aromatic heterocycles. The van der Waals surface area contributed by atoms with E-state index >= 15 is 0 Å². The number of hydrogen-bond donors (Lipinski definition) is 1. The van der Waals surface area contributed by atoms with E-state index in [1.807, 2.05) is 0 Å². The second kappa shape index (κ2) is 4.84. The minimum absolute atomic E-state index is 0.0897. The fourth-order valence-corrected chi connectivity index (χ4v) is 2.07. The summed E-state index contributed by atoms with van der Waals surface area (Å²) in [5.74, 6) is -0.921. The minimum Gasteiger partial charge on any atom is -0.481 e. The standard InChI is InChI=1S/C10H12ClNO3S/c1-16(2,15)12-9-4-3-7(5-8(9)11)6-10(13)14/h3-5H,6H2,1-2H3,(H,13,14). The van der Waals surface area contributed by atoms with E-state index in [-0.39, 0.29) is 6.42 Å². The summed E-state index contributed by atoms with van der Waals surface area (Å²) in [6.07, 6.45) is 2.93. The molecule has 6 heteroatoms. The number of rotatable bonds is 3. The second-order valence-corrected chi connectivity index (χ2v) is 6.58. The summed E-state index contributed by atoms with van der Waals surface area (Å²) >= 11 is 5.91. The second-order valence-electron chi connectivity index (χ2n) is 3.63. The molecule has 0 fully saturated rings. The van der Waals surface area contributed by atoms with Gasteiger partial charge in [0.05, 0.1) is 17.1 Å². The monoisotopic (exact) mass is 261 g/mol. The number of carboxylic acids is 1. The van der Waals surface area contributed by atoms with Gasteiger partial charge in [0.25, 0.3) is 0 Å². The van der Waals surface area contributed by atoms with Crippen LogP contribution in [0.3, 0.4) is 0 Å². The van der Waals surface area contributed by atoms with E-state index in [0.29, 0.717) is 16.3 Å². The van der Waals surface area contributed by atoms with Gasteiger partial charge in [-0.25, -0.2) is 4.21 Å². The van der Waals surface area contributed by atoms with Crippen molar-refractivity contribution in [2.75, 3.05) is 12.5 Å². The van der Waals surface area contributed by atoms with Gasteiger partial charge < -0.3 is 5.11 Å². The Kier molecular flexibility index (Phi) is 3.93. The van der Waals surface area contributed by atoms with Crippen molar-refractivity contribution in [1.82, 2.24) is 0 Å². The van der Waals surface area contributed by atoms with Crippen molar-refractivity contribution in [1.29, 1.82) is 0 Å². The topological polar surface area (TPSA) is 66.7 Å². The Bertz CT molecular complexity index is 525. The number of carbonyl (C=O) groups is 1. The molecule has 1 aromatic rings. The highest BCUT2D eigenvalue weighted by Gasteiger charge is 2.05. The average molecular weight is 262 g/mol. The lowest BCUT2D eigenvalue weighted by molar-refractivity contribution is -0.136. The Morgan fingerprint density at radius 2 is 2.12 bits per heavy atom. The Labute approximate surface area is 99.4 Å². The molecule has 0 aliphatic heterocycles. The highest BCUT2D eigenvalue weighted by molar-refractivity contribution is 7.92. The summed E-state index contributed by atoms with van der Waals surface area (Å²) in [6, 6.07) is 4.72. The third-order valence-corrected chi connectivity index (χ3v) is 2.62. The highest BCUT2D eigenvalue weighted by Crippen LogP contribution is 2.27. The van der Waals surface area contributed by atoms with Crippen LogP contribution in [0.25, 0.3) is 0 Å². The van der Waals surface area contributed by atoms with Crippen molar-refractivity contribution < 1.29 is 14.1 Å². The van der Waals surface area contributed by atoms with E-state index in [1.165, 1.54) is 18.6 Å². The summed E-state index contributed by atoms with van der Waals surface area (Å²) in [4.78, 5) is 10.5. The molecule has 0 unspecified atom stereocenters. The molecular formula is C10H12ClNO3S. The van der Waals surface area contributed by atoms with Crippen LogP contribution in [-0.4, -0.2) is 27.8 Å². The Hall–Kier alpha value is -1.07. The molecule has 88 valence electrons. The van der Waals surface area contributed by atoms with E-state index in [9.17, 15) is 9.00 Å². The number of carboxylic acid groups (broad SMARTS) is 1. The van der Waals surface area contributed by atoms with Crippen molar-refractivity contribution in [3.05, 3.63) is 28.8 Å². The molecule has 0 aliphatic carbocycles. The molecule has 1 rings (SSSR count). The first-order valence-electron chi connectivity index (χ1n) is 4.45. The number of hydrogen-bond acceptors (Lipinski definition) is 3. The first-order chi connectivity index (χ1) is 7.28. The molecule has 0 bridgehead atoms. The van der Waals surface area contributed by atoms with Gasteiger partial charge in [-0.3, -0.25) is 4.79 Å². The van der Waals surface area contributed by atoms with E-state index in [1.54, 1.807) is 12.1 Å². The fourth-order valence-electron chi connectivity index (χ4n) is 1.15. The zero-order valence-electron chi connectivity index (χ0n) is 8.94. The number of nitrogens with zero attached hydrogens (tertiary/aromatic N) is 1. The molecule has 0 saturated heterocycles. The number of aliphatic carboxylic acids is 1. The van der Waals surface area contributed by atoms with Crippen LogP contribution in [0.15, 0.2) is 22.6 Å². The maximum Gasteiger partial charge on any atom is 0.307 e. The van der Waals surface area contributed by atoms with Crippen LogP contribution in [-0.2, 0) is 20.9 Å². The number of benzene rings is 1. The van der Waals surface area contributed by atoms with Gasteiger partial charge in [0, 0.05) is 22.2 Å². The molecule has 16 heavy (non-hydrogen) atoms. The largest absolute Gasteiger partial charge is 0.481 e. The van der Waals surface area contributed by atoms with Crippen molar-refractivity contribution >= 4 is 33.0 Å². The van der Waals surface area contributed by atoms with Crippen LogP contribution in [0.5, 0.6) is 0 Å². The quantitative estimate of drug-likeness (QED) is 0.908. The van der Waals surface area contributed by atoms with Gasteiger partial charge in [0.2, 0.25) is 0 Å². The Morgan fingerprint density at radius 3 is 2.56 bits per heavy atom. The SMILES string of the molecule is CS(C)(=O)=Nc1ccc(CC(=O)O)cc1Cl. The zero-order chi connectivity index (χ0) is 12.3. The fraction of sp³-hybridized carbons (Fsp3) is 0.300. The first kappa shape index (κ1) is 13.0. The van der Waals surface area contributed by atoms with Crippen LogP contribution in [0, 0.1) is 0 Å². The van der Waals surface area contributed by atoms with E-state index in [4.69, 9.17) is 16.7 Å². The summed E-state index contributed by atoms with van der Waals surface area (Å²) in [6.45, 7) is 0.